The van der Waals surface area contributed by atoms with Crippen LogP contribution in [0.25, 0.3) is 43.8 Å². The monoisotopic (exact) mass is 471 g/mol. The number of ether oxygens (including phenoxy) is 1. The molecule has 0 aliphatic heterocycles. The summed E-state index contributed by atoms with van der Waals surface area (Å²) in [5.74, 6) is 0.600. The number of primary sulfonamides is 1. The molecule has 0 spiro atoms. The van der Waals surface area contributed by atoms with Crippen molar-refractivity contribution >= 4 is 31.6 Å². The summed E-state index contributed by atoms with van der Waals surface area (Å²) < 4.78 is 29.7. The number of benzene rings is 5. The van der Waals surface area contributed by atoms with Gasteiger partial charge in [0.2, 0.25) is 10.0 Å². The van der Waals surface area contributed by atoms with Crippen LogP contribution >= 0.6 is 0 Å². The molecule has 0 amide bonds. The highest BCUT2D eigenvalue weighted by molar-refractivity contribution is 7.89. The average molecular weight is 472 g/mol. The third-order valence-electron chi connectivity index (χ3n) is 5.98. The average Bonchev–Trinajstić information content (AvgIpc) is 2.83. The van der Waals surface area contributed by atoms with Gasteiger partial charge in [-0.15, -0.1) is 0 Å². The standard InChI is InChI=1S/C27H21NO5S/c1-33-25-13-12-17(34(28,31)32)14-22(25)21-15-23(27(30)20-9-3-2-8-18(20)21)19-10-4-6-16-7-5-11-24(29)26(16)19/h2-15,29-30H,1H3,(H2,28,31,32). The Hall–Kier alpha value is -4.07. The Kier molecular flexibility index (Phi) is 5.16. The SMILES string of the molecule is COc1ccc(S(N)(=O)=O)cc1-c1cc(-c2cccc3cccc(O)c23)c(O)c2ccccc12. The van der Waals surface area contributed by atoms with Gasteiger partial charge in [-0.25, -0.2) is 13.6 Å². The fourth-order valence-electron chi connectivity index (χ4n) is 4.41. The lowest BCUT2D eigenvalue weighted by molar-refractivity contribution is 0.416. The van der Waals surface area contributed by atoms with E-state index in [2.05, 4.69) is 0 Å². The molecule has 5 aromatic carbocycles. The number of hydrogen-bond donors (Lipinski definition) is 3. The summed E-state index contributed by atoms with van der Waals surface area (Å²) in [5.41, 5.74) is 2.29. The Morgan fingerprint density at radius 1 is 0.735 bits per heavy atom. The molecule has 0 radical (unpaired) electrons. The molecule has 0 atom stereocenters. The van der Waals surface area contributed by atoms with Crippen molar-refractivity contribution in [3.05, 3.63) is 84.9 Å². The lowest BCUT2D eigenvalue weighted by Crippen LogP contribution is -2.12. The van der Waals surface area contributed by atoms with Crippen molar-refractivity contribution in [3.8, 4) is 39.5 Å². The van der Waals surface area contributed by atoms with Gasteiger partial charge < -0.3 is 14.9 Å². The number of phenols is 2. The summed E-state index contributed by atoms with van der Waals surface area (Å²) in [7, 11) is -2.45. The highest BCUT2D eigenvalue weighted by Gasteiger charge is 2.20. The molecular weight excluding hydrogens is 450 g/mol. The molecule has 0 bridgehead atoms. The first-order valence-electron chi connectivity index (χ1n) is 10.5. The molecule has 0 fully saturated rings. The van der Waals surface area contributed by atoms with Gasteiger partial charge in [0.25, 0.3) is 0 Å². The Balaban J connectivity index is 1.92. The molecule has 170 valence electrons. The fourth-order valence-corrected chi connectivity index (χ4v) is 4.95. The Morgan fingerprint density at radius 3 is 2.15 bits per heavy atom. The first-order chi connectivity index (χ1) is 16.3. The van der Waals surface area contributed by atoms with Crippen LogP contribution in [0.15, 0.2) is 89.8 Å². The predicted molar refractivity (Wildman–Crippen MR) is 134 cm³/mol. The third kappa shape index (κ3) is 3.51. The molecule has 0 saturated carbocycles. The number of methoxy groups -OCH3 is 1. The third-order valence-corrected chi connectivity index (χ3v) is 6.89. The zero-order chi connectivity index (χ0) is 24.0. The molecule has 0 heterocycles. The van der Waals surface area contributed by atoms with Gasteiger partial charge >= 0.3 is 0 Å². The molecule has 0 unspecified atom stereocenters. The second kappa shape index (κ2) is 8.06. The van der Waals surface area contributed by atoms with E-state index >= 15 is 0 Å². The minimum atomic E-state index is -3.95. The van der Waals surface area contributed by atoms with Gasteiger partial charge in [-0.05, 0) is 52.2 Å². The van der Waals surface area contributed by atoms with Crippen LogP contribution in [0.4, 0.5) is 0 Å². The lowest BCUT2D eigenvalue weighted by atomic mass is 9.89. The summed E-state index contributed by atoms with van der Waals surface area (Å²) in [6, 6.07) is 24.3. The van der Waals surface area contributed by atoms with Crippen LogP contribution < -0.4 is 9.88 Å². The molecule has 6 nitrogen and oxygen atoms in total. The smallest absolute Gasteiger partial charge is 0.238 e. The van der Waals surface area contributed by atoms with Crippen molar-refractivity contribution in [1.29, 1.82) is 0 Å². The maximum Gasteiger partial charge on any atom is 0.238 e. The van der Waals surface area contributed by atoms with Crippen LogP contribution in [0.1, 0.15) is 0 Å². The highest BCUT2D eigenvalue weighted by atomic mass is 32.2. The predicted octanol–water partition coefficient (Wildman–Crippen LogP) is 5.39. The van der Waals surface area contributed by atoms with E-state index in [0.29, 0.717) is 44.2 Å². The van der Waals surface area contributed by atoms with E-state index in [0.717, 1.165) is 5.39 Å². The number of nitrogens with two attached hydrogens (primary N) is 1. The van der Waals surface area contributed by atoms with Crippen molar-refractivity contribution in [3.63, 3.8) is 0 Å². The van der Waals surface area contributed by atoms with Gasteiger partial charge in [-0.2, -0.15) is 0 Å². The Bertz CT molecular complexity index is 1690. The molecule has 0 aromatic heterocycles. The summed E-state index contributed by atoms with van der Waals surface area (Å²) in [4.78, 5) is -0.0511. The van der Waals surface area contributed by atoms with Crippen LogP contribution in [0, 0.1) is 0 Å². The van der Waals surface area contributed by atoms with Crippen LogP contribution in [-0.2, 0) is 10.0 Å². The van der Waals surface area contributed by atoms with Crippen molar-refractivity contribution in [2.45, 2.75) is 4.90 Å². The van der Waals surface area contributed by atoms with Gasteiger partial charge in [0, 0.05) is 21.9 Å². The number of sulfonamides is 1. The summed E-state index contributed by atoms with van der Waals surface area (Å²) >= 11 is 0. The zero-order valence-electron chi connectivity index (χ0n) is 18.2. The molecule has 0 aliphatic rings. The largest absolute Gasteiger partial charge is 0.507 e. The Morgan fingerprint density at radius 2 is 1.44 bits per heavy atom. The highest BCUT2D eigenvalue weighted by Crippen LogP contribution is 2.46. The van der Waals surface area contributed by atoms with E-state index in [4.69, 9.17) is 9.88 Å². The second-order valence-electron chi connectivity index (χ2n) is 7.95. The summed E-state index contributed by atoms with van der Waals surface area (Å²) in [5, 5.41) is 30.0. The van der Waals surface area contributed by atoms with Crippen LogP contribution in [0.2, 0.25) is 0 Å². The van der Waals surface area contributed by atoms with E-state index in [-0.39, 0.29) is 16.4 Å². The number of hydrogen-bond acceptors (Lipinski definition) is 5. The second-order valence-corrected chi connectivity index (χ2v) is 9.52. The van der Waals surface area contributed by atoms with Crippen LogP contribution in [-0.4, -0.2) is 25.7 Å². The maximum absolute atomic E-state index is 12.1. The van der Waals surface area contributed by atoms with E-state index in [9.17, 15) is 18.6 Å². The molecule has 5 rings (SSSR count). The van der Waals surface area contributed by atoms with Crippen molar-refractivity contribution in [1.82, 2.24) is 0 Å². The first-order valence-corrected chi connectivity index (χ1v) is 12.0. The molecule has 4 N–H and O–H groups in total. The molecule has 5 aromatic rings. The number of phenolic OH excluding ortho intramolecular Hbond substituents is 2. The number of fused-ring (bicyclic) bond motifs is 2. The summed E-state index contributed by atoms with van der Waals surface area (Å²) in [6.45, 7) is 0. The van der Waals surface area contributed by atoms with Crippen LogP contribution in [0.5, 0.6) is 17.2 Å². The van der Waals surface area contributed by atoms with Gasteiger partial charge in [0.15, 0.2) is 0 Å². The van der Waals surface area contributed by atoms with Crippen LogP contribution in [0.3, 0.4) is 0 Å². The molecule has 34 heavy (non-hydrogen) atoms. The maximum atomic E-state index is 12.1. The molecular formula is C27H21NO5S. The van der Waals surface area contributed by atoms with Crippen molar-refractivity contribution in [2.24, 2.45) is 5.14 Å². The van der Waals surface area contributed by atoms with Gasteiger partial charge in [0.05, 0.1) is 12.0 Å². The van der Waals surface area contributed by atoms with E-state index in [1.165, 1.54) is 19.2 Å². The van der Waals surface area contributed by atoms with Gasteiger partial charge in [-0.1, -0.05) is 54.6 Å². The van der Waals surface area contributed by atoms with Gasteiger partial charge in [-0.3, -0.25) is 0 Å². The van der Waals surface area contributed by atoms with E-state index < -0.39 is 10.0 Å². The number of aromatic hydroxyl groups is 2. The molecule has 0 aliphatic carbocycles. The fraction of sp³-hybridized carbons (Fsp3) is 0.0370. The normalized spacial score (nSPS) is 11.7. The topological polar surface area (TPSA) is 110 Å². The van der Waals surface area contributed by atoms with Crippen molar-refractivity contribution < 1.29 is 23.4 Å². The minimum absolute atomic E-state index is 0.0511. The zero-order valence-corrected chi connectivity index (χ0v) is 19.0. The van der Waals surface area contributed by atoms with E-state index in [1.54, 1.807) is 30.3 Å². The molecule has 7 heteroatoms. The summed E-state index contributed by atoms with van der Waals surface area (Å²) in [6.07, 6.45) is 0. The quantitative estimate of drug-likeness (QED) is 0.325. The lowest BCUT2D eigenvalue weighted by Gasteiger charge is -2.17. The number of rotatable bonds is 4. The van der Waals surface area contributed by atoms with Crippen molar-refractivity contribution in [2.75, 3.05) is 7.11 Å². The van der Waals surface area contributed by atoms with Gasteiger partial charge in [0.1, 0.15) is 17.2 Å². The minimum Gasteiger partial charge on any atom is -0.507 e. The van der Waals surface area contributed by atoms with E-state index in [1.807, 2.05) is 42.5 Å². The first kappa shape index (κ1) is 21.8. The Labute approximate surface area is 196 Å². The molecule has 0 saturated heterocycles.